The monoisotopic (exact) mass is 177 g/mol. The first kappa shape index (κ1) is 9.58. The normalized spacial score (nSPS) is 25.1. The number of carbonyl (C=O) groups is 1. The number of hydrogen-bond donors (Lipinski definition) is 0. The number of hydrogen-bond acceptors (Lipinski definition) is 2. The van der Waals surface area contributed by atoms with E-state index in [9.17, 15) is 13.6 Å². The molecule has 4 heteroatoms. The predicted octanol–water partition coefficient (Wildman–Crippen LogP) is 1.16. The van der Waals surface area contributed by atoms with Crippen LogP contribution in [0.2, 0.25) is 0 Å². The maximum Gasteiger partial charge on any atom is 0.239 e. The van der Waals surface area contributed by atoms with Crippen molar-refractivity contribution in [3.8, 4) is 0 Å². The summed E-state index contributed by atoms with van der Waals surface area (Å²) in [6.07, 6.45) is -0.555. The predicted molar refractivity (Wildman–Crippen MR) is 41.2 cm³/mol. The topological polar surface area (TPSA) is 20.3 Å². The van der Waals surface area contributed by atoms with E-state index in [4.69, 9.17) is 0 Å². The van der Waals surface area contributed by atoms with Crippen LogP contribution >= 0.6 is 0 Å². The van der Waals surface area contributed by atoms with E-state index in [2.05, 4.69) is 0 Å². The van der Waals surface area contributed by atoms with Crippen LogP contribution in [0.25, 0.3) is 0 Å². The Labute approximate surface area is 70.5 Å². The molecule has 0 N–H and O–H groups in total. The molecule has 0 aromatic heterocycles. The summed E-state index contributed by atoms with van der Waals surface area (Å²) in [6, 6.07) is 0. The number of alkyl halides is 2. The second kappa shape index (κ2) is 4.50. The van der Waals surface area contributed by atoms with E-state index in [0.29, 0.717) is 13.1 Å². The second-order valence-corrected chi connectivity index (χ2v) is 3.17. The van der Waals surface area contributed by atoms with E-state index < -0.39 is 6.43 Å². The highest BCUT2D eigenvalue weighted by Gasteiger charge is 2.21. The fourth-order valence-corrected chi connectivity index (χ4v) is 1.46. The Bertz CT molecular complexity index is 152. The Balaban J connectivity index is 2.15. The van der Waals surface area contributed by atoms with E-state index in [-0.39, 0.29) is 12.3 Å². The molecule has 1 unspecified atom stereocenters. The summed E-state index contributed by atoms with van der Waals surface area (Å²) < 4.78 is 23.5. The molecular weight excluding hydrogens is 164 g/mol. The van der Waals surface area contributed by atoms with Gasteiger partial charge in [0.05, 0.1) is 0 Å². The molecule has 0 bridgehead atoms. The highest BCUT2D eigenvalue weighted by Crippen LogP contribution is 2.14. The number of halogens is 2. The van der Waals surface area contributed by atoms with Crippen LogP contribution in [0.3, 0.4) is 0 Å². The first-order chi connectivity index (χ1) is 5.72. The van der Waals surface area contributed by atoms with E-state index in [1.165, 1.54) is 0 Å². The minimum absolute atomic E-state index is 0.0719. The first-order valence-corrected chi connectivity index (χ1v) is 4.18. The van der Waals surface area contributed by atoms with Gasteiger partial charge in [0.2, 0.25) is 6.43 Å². The van der Waals surface area contributed by atoms with E-state index >= 15 is 0 Å². The van der Waals surface area contributed by atoms with Gasteiger partial charge in [0.15, 0.2) is 0 Å². The van der Waals surface area contributed by atoms with Crippen LogP contribution in [-0.2, 0) is 4.79 Å². The zero-order chi connectivity index (χ0) is 8.97. The Morgan fingerprint density at radius 1 is 1.58 bits per heavy atom. The fraction of sp³-hybridized carbons (Fsp3) is 0.875. The summed E-state index contributed by atoms with van der Waals surface area (Å²) in [5, 5.41) is 0. The van der Waals surface area contributed by atoms with Crippen molar-refractivity contribution in [1.82, 2.24) is 4.90 Å². The molecule has 0 amide bonds. The lowest BCUT2D eigenvalue weighted by molar-refractivity contribution is -0.110. The van der Waals surface area contributed by atoms with Gasteiger partial charge < -0.3 is 9.69 Å². The van der Waals surface area contributed by atoms with Crippen molar-refractivity contribution in [1.29, 1.82) is 0 Å². The number of aldehydes is 1. The third-order valence-corrected chi connectivity index (χ3v) is 2.16. The summed E-state index contributed by atoms with van der Waals surface area (Å²) >= 11 is 0. The van der Waals surface area contributed by atoms with Crippen LogP contribution in [0.15, 0.2) is 0 Å². The summed E-state index contributed by atoms with van der Waals surface area (Å²) in [6.45, 7) is 1.87. The van der Waals surface area contributed by atoms with Gasteiger partial charge in [-0.05, 0) is 13.0 Å². The standard InChI is InChI=1S/C8H13F2NO/c9-8(10)2-4-11-3-1-7(5-11)6-12/h6-8H,1-5H2. The molecule has 12 heavy (non-hydrogen) atoms. The molecule has 0 aromatic rings. The molecule has 0 spiro atoms. The van der Waals surface area contributed by atoms with Crippen LogP contribution in [0.5, 0.6) is 0 Å². The molecule has 1 aliphatic rings. The Hall–Kier alpha value is -0.510. The Morgan fingerprint density at radius 3 is 2.83 bits per heavy atom. The summed E-state index contributed by atoms with van der Waals surface area (Å²) in [7, 11) is 0. The molecule has 2 nitrogen and oxygen atoms in total. The molecule has 1 aliphatic heterocycles. The van der Waals surface area contributed by atoms with Gasteiger partial charge in [-0.2, -0.15) is 0 Å². The zero-order valence-corrected chi connectivity index (χ0v) is 6.88. The highest BCUT2D eigenvalue weighted by molar-refractivity contribution is 5.54. The van der Waals surface area contributed by atoms with Crippen LogP contribution < -0.4 is 0 Å². The summed E-state index contributed by atoms with van der Waals surface area (Å²) in [4.78, 5) is 12.2. The molecule has 70 valence electrons. The lowest BCUT2D eigenvalue weighted by atomic mass is 10.1. The van der Waals surface area contributed by atoms with Crippen LogP contribution in [0.4, 0.5) is 8.78 Å². The van der Waals surface area contributed by atoms with E-state index in [1.54, 1.807) is 0 Å². The number of rotatable bonds is 4. The fourth-order valence-electron chi connectivity index (χ4n) is 1.46. The summed E-state index contributed by atoms with van der Waals surface area (Å²) in [5.74, 6) is 0.0719. The third-order valence-electron chi connectivity index (χ3n) is 2.16. The van der Waals surface area contributed by atoms with Crippen LogP contribution in [-0.4, -0.2) is 37.2 Å². The Morgan fingerprint density at radius 2 is 2.33 bits per heavy atom. The number of nitrogens with zero attached hydrogens (tertiary/aromatic N) is 1. The van der Waals surface area contributed by atoms with Crippen molar-refractivity contribution in [2.45, 2.75) is 19.3 Å². The van der Waals surface area contributed by atoms with E-state index in [0.717, 1.165) is 19.3 Å². The van der Waals surface area contributed by atoms with Crippen LogP contribution in [0.1, 0.15) is 12.8 Å². The van der Waals surface area contributed by atoms with Gasteiger partial charge in [0.25, 0.3) is 0 Å². The number of likely N-dealkylation sites (tertiary alicyclic amines) is 1. The second-order valence-electron chi connectivity index (χ2n) is 3.17. The Kier molecular flexibility index (Phi) is 3.59. The molecule has 1 atom stereocenters. The van der Waals surface area contributed by atoms with Gasteiger partial charge in [-0.1, -0.05) is 0 Å². The van der Waals surface area contributed by atoms with Gasteiger partial charge in [-0.15, -0.1) is 0 Å². The van der Waals surface area contributed by atoms with Crippen LogP contribution in [0, 0.1) is 5.92 Å². The smallest absolute Gasteiger partial charge is 0.239 e. The van der Waals surface area contributed by atoms with Gasteiger partial charge >= 0.3 is 0 Å². The van der Waals surface area contributed by atoms with Crippen molar-refractivity contribution in [3.05, 3.63) is 0 Å². The van der Waals surface area contributed by atoms with Crippen molar-refractivity contribution in [2.75, 3.05) is 19.6 Å². The molecule has 1 heterocycles. The zero-order valence-electron chi connectivity index (χ0n) is 6.88. The minimum Gasteiger partial charge on any atom is -0.303 e. The lowest BCUT2D eigenvalue weighted by Crippen LogP contribution is -2.23. The molecule has 1 saturated heterocycles. The van der Waals surface area contributed by atoms with Crippen molar-refractivity contribution in [2.24, 2.45) is 5.92 Å². The third kappa shape index (κ3) is 2.85. The quantitative estimate of drug-likeness (QED) is 0.600. The lowest BCUT2D eigenvalue weighted by Gasteiger charge is -2.13. The highest BCUT2D eigenvalue weighted by atomic mass is 19.3. The molecule has 1 rings (SSSR count). The van der Waals surface area contributed by atoms with Crippen molar-refractivity contribution < 1.29 is 13.6 Å². The van der Waals surface area contributed by atoms with Gasteiger partial charge in [-0.25, -0.2) is 8.78 Å². The molecule has 0 aliphatic carbocycles. The average Bonchev–Trinajstić information content (AvgIpc) is 2.48. The maximum atomic E-state index is 11.8. The molecular formula is C8H13F2NO. The maximum absolute atomic E-state index is 11.8. The largest absolute Gasteiger partial charge is 0.303 e. The average molecular weight is 177 g/mol. The number of carbonyl (C=O) groups excluding carboxylic acids is 1. The van der Waals surface area contributed by atoms with Crippen molar-refractivity contribution >= 4 is 6.29 Å². The molecule has 0 radical (unpaired) electrons. The summed E-state index contributed by atoms with van der Waals surface area (Å²) in [5.41, 5.74) is 0. The molecule has 1 fully saturated rings. The first-order valence-electron chi connectivity index (χ1n) is 4.18. The van der Waals surface area contributed by atoms with Gasteiger partial charge in [-0.3, -0.25) is 0 Å². The van der Waals surface area contributed by atoms with Gasteiger partial charge in [0.1, 0.15) is 6.29 Å². The molecule has 0 saturated carbocycles. The van der Waals surface area contributed by atoms with E-state index in [1.807, 2.05) is 4.90 Å². The SMILES string of the molecule is O=CC1CCN(CCC(F)F)C1. The van der Waals surface area contributed by atoms with Gasteiger partial charge in [0, 0.05) is 25.4 Å². The molecule has 0 aromatic carbocycles. The minimum atomic E-state index is -2.22. The van der Waals surface area contributed by atoms with Crippen molar-refractivity contribution in [3.63, 3.8) is 0 Å².